The van der Waals surface area contributed by atoms with Gasteiger partial charge >= 0.3 is 0 Å². The molecule has 3 unspecified atom stereocenters. The molecule has 3 aliphatic heterocycles. The third kappa shape index (κ3) is 3.30. The Bertz CT molecular complexity index is 942. The van der Waals surface area contributed by atoms with Crippen molar-refractivity contribution in [1.82, 2.24) is 15.3 Å². The van der Waals surface area contributed by atoms with Gasteiger partial charge in [0, 0.05) is 43.9 Å². The van der Waals surface area contributed by atoms with Crippen LogP contribution in [0.25, 0.3) is 21.7 Å². The van der Waals surface area contributed by atoms with E-state index in [9.17, 15) is 0 Å². The van der Waals surface area contributed by atoms with Gasteiger partial charge in [-0.25, -0.2) is 4.98 Å². The van der Waals surface area contributed by atoms with E-state index in [1.54, 1.807) is 18.4 Å². The van der Waals surface area contributed by atoms with Gasteiger partial charge in [0.15, 0.2) is 5.58 Å². The first-order valence-corrected chi connectivity index (χ1v) is 10.5. The maximum absolute atomic E-state index is 6.26. The van der Waals surface area contributed by atoms with Crippen molar-refractivity contribution in [3.8, 4) is 10.6 Å². The number of oxazole rings is 1. The van der Waals surface area contributed by atoms with Crippen molar-refractivity contribution in [3.05, 3.63) is 29.3 Å². The highest BCUT2D eigenvalue weighted by atomic mass is 32.1. The summed E-state index contributed by atoms with van der Waals surface area (Å²) in [7, 11) is 1.68. The summed E-state index contributed by atoms with van der Waals surface area (Å²) in [6.45, 7) is 5.06. The summed E-state index contributed by atoms with van der Waals surface area (Å²) >= 11 is 1.60. The number of hydrogen-bond donors (Lipinski definition) is 1. The number of thiazole rings is 1. The number of nitrogens with zero attached hydrogens (tertiary/aromatic N) is 3. The molecule has 3 fully saturated rings. The first-order chi connectivity index (χ1) is 13.7. The molecule has 3 aromatic rings. The molecule has 1 N–H and O–H groups in total. The first-order valence-electron chi connectivity index (χ1n) is 9.67. The van der Waals surface area contributed by atoms with Gasteiger partial charge in [0.2, 0.25) is 0 Å². The second kappa shape index (κ2) is 7.44. The highest BCUT2D eigenvalue weighted by molar-refractivity contribution is 7.13. The molecule has 0 radical (unpaired) electrons. The quantitative estimate of drug-likeness (QED) is 0.611. The van der Waals surface area contributed by atoms with Gasteiger partial charge < -0.3 is 24.1 Å². The van der Waals surface area contributed by atoms with Crippen molar-refractivity contribution in [2.75, 3.05) is 38.3 Å². The number of piperazine rings is 1. The lowest BCUT2D eigenvalue weighted by Crippen LogP contribution is -2.67. The molecule has 148 valence electrons. The number of ether oxygens (including phenoxy) is 2. The minimum Gasteiger partial charge on any atom is -0.423 e. The largest absolute Gasteiger partial charge is 0.423 e. The summed E-state index contributed by atoms with van der Waals surface area (Å²) in [5.74, 6) is 0. The summed E-state index contributed by atoms with van der Waals surface area (Å²) < 4.78 is 17.3. The molecule has 28 heavy (non-hydrogen) atoms. The lowest BCUT2D eigenvalue weighted by molar-refractivity contribution is 0.0256. The molecule has 0 spiro atoms. The van der Waals surface area contributed by atoms with E-state index in [-0.39, 0.29) is 6.10 Å². The van der Waals surface area contributed by atoms with Gasteiger partial charge in [0.05, 0.1) is 24.9 Å². The Morgan fingerprint density at radius 2 is 2.14 bits per heavy atom. The van der Waals surface area contributed by atoms with Crippen molar-refractivity contribution in [3.63, 3.8) is 0 Å². The lowest BCUT2D eigenvalue weighted by atomic mass is 9.92. The van der Waals surface area contributed by atoms with Gasteiger partial charge in [-0.1, -0.05) is 0 Å². The van der Waals surface area contributed by atoms with Crippen LogP contribution in [0.15, 0.2) is 28.1 Å². The number of benzene rings is 1. The summed E-state index contributed by atoms with van der Waals surface area (Å²) in [6.07, 6.45) is 3.00. The Hall–Kier alpha value is -2.00. The molecule has 0 amide bonds. The third-order valence-corrected chi connectivity index (χ3v) is 6.29. The third-order valence-electron chi connectivity index (χ3n) is 5.48. The van der Waals surface area contributed by atoms with Crippen molar-refractivity contribution >= 4 is 28.5 Å². The van der Waals surface area contributed by atoms with E-state index in [1.165, 1.54) is 6.42 Å². The van der Waals surface area contributed by atoms with Crippen LogP contribution in [0.3, 0.4) is 0 Å². The molecule has 3 atom stereocenters. The van der Waals surface area contributed by atoms with E-state index in [1.807, 2.05) is 18.5 Å². The van der Waals surface area contributed by atoms with Crippen LogP contribution >= 0.6 is 11.3 Å². The Labute approximate surface area is 167 Å². The van der Waals surface area contributed by atoms with Crippen molar-refractivity contribution in [2.24, 2.45) is 0 Å². The zero-order valence-corrected chi connectivity index (χ0v) is 16.9. The molecule has 3 aliphatic rings. The Morgan fingerprint density at radius 3 is 2.86 bits per heavy atom. The fourth-order valence-corrected chi connectivity index (χ4v) is 4.65. The summed E-state index contributed by atoms with van der Waals surface area (Å²) in [6, 6.07) is 5.99. The van der Waals surface area contributed by atoms with Crippen LogP contribution in [0.4, 0.5) is 6.01 Å². The Balaban J connectivity index is 1.51. The monoisotopic (exact) mass is 400 g/mol. The Morgan fingerprint density at radius 1 is 1.32 bits per heavy atom. The van der Waals surface area contributed by atoms with Crippen LogP contribution in [0.1, 0.15) is 25.0 Å². The molecular weight excluding hydrogens is 376 g/mol. The van der Waals surface area contributed by atoms with Crippen LogP contribution in [-0.2, 0) is 9.47 Å². The standard InChI is InChI=1S/C20H24N4O3S/c1-12(26-5-4-25-2)13-7-16(19-21-3-6-28-19)18-17(8-13)23-20(27-18)24-10-14-9-15(11-24)22-14/h3,6-8,12,14-15,22H,4-5,9-11H2,1-2H3. The highest BCUT2D eigenvalue weighted by Crippen LogP contribution is 2.37. The zero-order chi connectivity index (χ0) is 19.1. The molecule has 2 aromatic heterocycles. The first kappa shape index (κ1) is 18.1. The van der Waals surface area contributed by atoms with E-state index < -0.39 is 0 Å². The summed E-state index contributed by atoms with van der Waals surface area (Å²) in [5.41, 5.74) is 3.69. The number of piperidine rings is 1. The van der Waals surface area contributed by atoms with E-state index >= 15 is 0 Å². The van der Waals surface area contributed by atoms with Gasteiger partial charge in [-0.15, -0.1) is 11.3 Å². The molecule has 0 aliphatic carbocycles. The predicted octanol–water partition coefficient (Wildman–Crippen LogP) is 3.23. The molecule has 0 saturated carbocycles. The minimum atomic E-state index is -0.0646. The average molecular weight is 401 g/mol. The van der Waals surface area contributed by atoms with Gasteiger partial charge in [0.25, 0.3) is 6.01 Å². The fraction of sp³-hybridized carbons (Fsp3) is 0.500. The summed E-state index contributed by atoms with van der Waals surface area (Å²) in [4.78, 5) is 11.6. The molecule has 8 heteroatoms. The fourth-order valence-electron chi connectivity index (χ4n) is 4.00. The number of anilines is 1. The molecule has 3 saturated heterocycles. The van der Waals surface area contributed by atoms with Gasteiger partial charge in [-0.2, -0.15) is 4.98 Å². The second-order valence-electron chi connectivity index (χ2n) is 7.46. The average Bonchev–Trinajstić information content (AvgIpc) is 3.36. The molecule has 7 nitrogen and oxygen atoms in total. The second-order valence-corrected chi connectivity index (χ2v) is 8.35. The van der Waals surface area contributed by atoms with Crippen molar-refractivity contribution in [1.29, 1.82) is 0 Å². The van der Waals surface area contributed by atoms with E-state index in [0.717, 1.165) is 40.3 Å². The highest BCUT2D eigenvalue weighted by Gasteiger charge is 2.38. The topological polar surface area (TPSA) is 72.7 Å². The molecular formula is C20H24N4O3S. The van der Waals surface area contributed by atoms with Crippen LogP contribution < -0.4 is 10.2 Å². The van der Waals surface area contributed by atoms with Crippen molar-refractivity contribution in [2.45, 2.75) is 31.5 Å². The number of nitrogens with one attached hydrogen (secondary N) is 1. The smallest absolute Gasteiger partial charge is 0.298 e. The van der Waals surface area contributed by atoms with Gasteiger partial charge in [-0.3, -0.25) is 0 Å². The zero-order valence-electron chi connectivity index (χ0n) is 16.1. The van der Waals surface area contributed by atoms with E-state index in [2.05, 4.69) is 27.3 Å². The molecule has 6 rings (SSSR count). The minimum absolute atomic E-state index is 0.0646. The number of rotatable bonds is 7. The van der Waals surface area contributed by atoms with Crippen LogP contribution in [0.2, 0.25) is 0 Å². The number of fused-ring (bicyclic) bond motifs is 3. The van der Waals surface area contributed by atoms with Gasteiger partial charge in [0.1, 0.15) is 10.5 Å². The number of aromatic nitrogens is 2. The molecule has 1 aromatic carbocycles. The maximum Gasteiger partial charge on any atom is 0.298 e. The normalized spacial score (nSPS) is 22.4. The maximum atomic E-state index is 6.26. The number of hydrogen-bond acceptors (Lipinski definition) is 8. The van der Waals surface area contributed by atoms with Crippen molar-refractivity contribution < 1.29 is 13.9 Å². The van der Waals surface area contributed by atoms with Crippen LogP contribution in [0, 0.1) is 0 Å². The number of methoxy groups -OCH3 is 1. The lowest BCUT2D eigenvalue weighted by Gasteiger charge is -2.47. The van der Waals surface area contributed by atoms with E-state index in [0.29, 0.717) is 31.3 Å². The van der Waals surface area contributed by atoms with E-state index in [4.69, 9.17) is 18.9 Å². The Kier molecular flexibility index (Phi) is 4.80. The molecule has 2 bridgehead atoms. The van der Waals surface area contributed by atoms with Gasteiger partial charge in [-0.05, 0) is 31.0 Å². The SMILES string of the molecule is COCCOC(C)c1cc(-c2nccs2)c2oc(N3CC4CC(C3)N4)nc2c1. The van der Waals surface area contributed by atoms with Crippen LogP contribution in [0.5, 0.6) is 0 Å². The molecule has 5 heterocycles. The van der Waals surface area contributed by atoms with Crippen LogP contribution in [-0.4, -0.2) is 55.5 Å². The summed E-state index contributed by atoms with van der Waals surface area (Å²) in [5, 5.41) is 6.46. The predicted molar refractivity (Wildman–Crippen MR) is 109 cm³/mol.